The van der Waals surface area contributed by atoms with Crippen LogP contribution >= 0.6 is 22.1 Å². The van der Waals surface area contributed by atoms with Gasteiger partial charge in [0.2, 0.25) is 0 Å². The van der Waals surface area contributed by atoms with Gasteiger partial charge in [0.15, 0.2) is 0 Å². The zero-order valence-electron chi connectivity index (χ0n) is 23.2. The summed E-state index contributed by atoms with van der Waals surface area (Å²) in [6, 6.07) is 19.5. The maximum Gasteiger partial charge on any atom is 0.460 e. The van der Waals surface area contributed by atoms with Gasteiger partial charge in [0.1, 0.15) is 0 Å². The topological polar surface area (TPSA) is 43.4 Å². The van der Waals surface area contributed by atoms with Gasteiger partial charge in [0, 0.05) is 24.8 Å². The molecule has 0 spiro atoms. The van der Waals surface area contributed by atoms with Crippen molar-refractivity contribution in [1.82, 2.24) is 0 Å². The molecular formula is C30H27F9O3S3. The third-order valence-corrected chi connectivity index (χ3v) is 14.8. The fourth-order valence-electron chi connectivity index (χ4n) is 5.79. The highest BCUT2D eigenvalue weighted by Gasteiger charge is 2.86. The molecule has 0 radical (unpaired) electrons. The molecule has 3 aliphatic carbocycles. The summed E-state index contributed by atoms with van der Waals surface area (Å²) < 4.78 is 156. The highest BCUT2D eigenvalue weighted by atomic mass is 32.3. The number of halogens is 9. The van der Waals surface area contributed by atoms with Crippen molar-refractivity contribution in [3.63, 3.8) is 0 Å². The van der Waals surface area contributed by atoms with Crippen molar-refractivity contribution in [3.8, 4) is 0 Å². The number of fused-ring (bicyclic) bond motifs is 3. The standard InChI is InChI=1S/C30H27F9O3S3/c31-27(32,29(35,36)37)28(33,34)30(38,39)45(40,41)42-44(23-7-3-1-4-8-23,24-9-5-2-6-10-24)25-17-15-22(16-18-25)43-26-19-20-11-13-21(26)14-12-20/h1-10,15-18,20-21,26H,11-14,19H2. The molecular weight excluding hydrogens is 676 g/mol. The Balaban J connectivity index is 1.62. The summed E-state index contributed by atoms with van der Waals surface area (Å²) in [7, 11) is -11.2. The summed E-state index contributed by atoms with van der Waals surface area (Å²) in [5.41, 5.74) is 0. The van der Waals surface area contributed by atoms with E-state index in [-0.39, 0.29) is 14.7 Å². The first-order chi connectivity index (χ1) is 20.9. The lowest BCUT2D eigenvalue weighted by Crippen LogP contribution is -2.63. The summed E-state index contributed by atoms with van der Waals surface area (Å²) in [5, 5.41) is -6.69. The van der Waals surface area contributed by atoms with E-state index in [1.807, 2.05) is 0 Å². The van der Waals surface area contributed by atoms with E-state index in [1.54, 1.807) is 23.9 Å². The van der Waals surface area contributed by atoms with E-state index < -0.39 is 43.7 Å². The van der Waals surface area contributed by atoms with Crippen LogP contribution in [0, 0.1) is 11.8 Å². The summed E-state index contributed by atoms with van der Waals surface area (Å²) in [5.74, 6) is -13.7. The Morgan fingerprint density at radius 3 is 1.51 bits per heavy atom. The van der Waals surface area contributed by atoms with E-state index in [0.717, 1.165) is 24.2 Å². The van der Waals surface area contributed by atoms with Gasteiger partial charge in [0.05, 0.1) is 0 Å². The molecule has 0 saturated heterocycles. The van der Waals surface area contributed by atoms with Crippen molar-refractivity contribution in [2.45, 2.75) is 80.2 Å². The Morgan fingerprint density at radius 2 is 1.09 bits per heavy atom. The summed E-state index contributed by atoms with van der Waals surface area (Å²) in [6.45, 7) is 0. The van der Waals surface area contributed by atoms with E-state index in [0.29, 0.717) is 17.1 Å². The Kier molecular flexibility index (Phi) is 9.08. The number of hydrogen-bond acceptors (Lipinski definition) is 4. The molecule has 3 nitrogen and oxygen atoms in total. The summed E-state index contributed by atoms with van der Waals surface area (Å²) in [4.78, 5) is 0.424. The minimum absolute atomic E-state index is 0.0975. The first-order valence-corrected chi connectivity index (χ1v) is 17.6. The lowest BCUT2D eigenvalue weighted by molar-refractivity contribution is -0.382. The second kappa shape index (κ2) is 12.0. The van der Waals surface area contributed by atoms with E-state index in [1.165, 1.54) is 85.6 Å². The quantitative estimate of drug-likeness (QED) is 0.197. The molecule has 0 aliphatic heterocycles. The molecule has 3 fully saturated rings. The van der Waals surface area contributed by atoms with Crippen LogP contribution in [0.4, 0.5) is 39.5 Å². The van der Waals surface area contributed by atoms with Crippen molar-refractivity contribution in [1.29, 1.82) is 0 Å². The maximum absolute atomic E-state index is 15.0. The van der Waals surface area contributed by atoms with Gasteiger partial charge >= 0.3 is 33.4 Å². The molecule has 0 aromatic heterocycles. The van der Waals surface area contributed by atoms with Crippen LogP contribution in [0.2, 0.25) is 0 Å². The smallest absolute Gasteiger partial charge is 0.202 e. The van der Waals surface area contributed by atoms with Gasteiger partial charge in [-0.2, -0.15) is 47.9 Å². The first kappa shape index (κ1) is 34.0. The van der Waals surface area contributed by atoms with Gasteiger partial charge < -0.3 is 0 Å². The van der Waals surface area contributed by atoms with Crippen molar-refractivity contribution in [3.05, 3.63) is 84.9 Å². The lowest BCUT2D eigenvalue weighted by Gasteiger charge is -2.42. The van der Waals surface area contributed by atoms with Crippen molar-refractivity contribution in [2.75, 3.05) is 0 Å². The SMILES string of the molecule is O=S(=O)(OS(c1ccccc1)(c1ccccc1)c1ccc(SC2CC3CCC2CC3)cc1)C(F)(F)C(F)(F)C(F)(F)C(F)(F)F. The molecule has 1 unspecified atom stereocenters. The maximum atomic E-state index is 15.0. The van der Waals surface area contributed by atoms with Gasteiger partial charge in [-0.15, -0.1) is 11.8 Å². The molecule has 3 aromatic carbocycles. The van der Waals surface area contributed by atoms with Gasteiger partial charge in [-0.3, -0.25) is 0 Å². The second-order valence-electron chi connectivity index (χ2n) is 11.0. The Labute approximate surface area is 260 Å². The number of hydrogen-bond donors (Lipinski definition) is 0. The van der Waals surface area contributed by atoms with Crippen LogP contribution in [0.5, 0.6) is 0 Å². The van der Waals surface area contributed by atoms with Crippen LogP contribution < -0.4 is 0 Å². The predicted molar refractivity (Wildman–Crippen MR) is 152 cm³/mol. The Bertz CT molecular complexity index is 1540. The van der Waals surface area contributed by atoms with E-state index >= 15 is 8.78 Å². The van der Waals surface area contributed by atoms with Crippen molar-refractivity contribution >= 4 is 32.2 Å². The number of thioether (sulfide) groups is 1. The average Bonchev–Trinajstić information content (AvgIpc) is 3.01. The molecule has 1 atom stereocenters. The fourth-order valence-corrected chi connectivity index (χ4v) is 12.5. The van der Waals surface area contributed by atoms with Gasteiger partial charge in [0.25, 0.3) is 0 Å². The third-order valence-electron chi connectivity index (χ3n) is 8.20. The summed E-state index contributed by atoms with van der Waals surface area (Å²) >= 11 is 1.61. The molecule has 0 amide bonds. The lowest BCUT2D eigenvalue weighted by atomic mass is 9.70. The predicted octanol–water partition coefficient (Wildman–Crippen LogP) is 10.3. The number of benzene rings is 3. The average molecular weight is 703 g/mol. The normalized spacial score (nSPS) is 21.9. The highest BCUT2D eigenvalue weighted by molar-refractivity contribution is 8.33. The Hall–Kier alpha value is -2.36. The van der Waals surface area contributed by atoms with Gasteiger partial charge in [-0.05, 0) is 89.9 Å². The van der Waals surface area contributed by atoms with E-state index in [9.17, 15) is 39.2 Å². The molecule has 3 saturated carbocycles. The van der Waals surface area contributed by atoms with Crippen LogP contribution in [0.3, 0.4) is 0 Å². The van der Waals surface area contributed by atoms with E-state index in [2.05, 4.69) is 0 Å². The van der Waals surface area contributed by atoms with Crippen LogP contribution in [-0.4, -0.2) is 36.9 Å². The van der Waals surface area contributed by atoms with E-state index in [4.69, 9.17) is 3.63 Å². The summed E-state index contributed by atoms with van der Waals surface area (Å²) in [6.07, 6.45) is -1.63. The highest BCUT2D eigenvalue weighted by Crippen LogP contribution is 2.71. The third kappa shape index (κ3) is 5.86. The largest absolute Gasteiger partial charge is 0.460 e. The minimum Gasteiger partial charge on any atom is -0.202 e. The van der Waals surface area contributed by atoms with Crippen LogP contribution in [0.1, 0.15) is 32.1 Å². The zero-order chi connectivity index (χ0) is 32.9. The van der Waals surface area contributed by atoms with Crippen LogP contribution in [-0.2, 0) is 13.7 Å². The molecule has 45 heavy (non-hydrogen) atoms. The second-order valence-corrected chi connectivity index (χ2v) is 16.8. The van der Waals surface area contributed by atoms with Gasteiger partial charge in [-0.1, -0.05) is 49.2 Å². The van der Waals surface area contributed by atoms with Crippen molar-refractivity contribution < 1.29 is 51.6 Å². The molecule has 246 valence electrons. The number of rotatable bonds is 10. The molecule has 3 aliphatic rings. The van der Waals surface area contributed by atoms with Crippen LogP contribution in [0.15, 0.2) is 105 Å². The van der Waals surface area contributed by atoms with Crippen molar-refractivity contribution in [2.24, 2.45) is 11.8 Å². The fraction of sp³-hybridized carbons (Fsp3) is 0.400. The molecule has 0 heterocycles. The number of alkyl halides is 9. The monoisotopic (exact) mass is 702 g/mol. The first-order valence-electron chi connectivity index (χ1n) is 13.8. The van der Waals surface area contributed by atoms with Crippen LogP contribution in [0.25, 0.3) is 0 Å². The zero-order valence-corrected chi connectivity index (χ0v) is 25.7. The molecule has 0 N–H and O–H groups in total. The Morgan fingerprint density at radius 1 is 0.622 bits per heavy atom. The minimum atomic E-state index is -7.44. The molecule has 3 aromatic rings. The molecule has 6 rings (SSSR count). The molecule has 15 heteroatoms. The molecule has 2 bridgehead atoms. The van der Waals surface area contributed by atoms with Gasteiger partial charge in [-0.25, -0.2) is 3.63 Å².